The van der Waals surface area contributed by atoms with E-state index in [2.05, 4.69) is 10.6 Å². The third-order valence-corrected chi connectivity index (χ3v) is 3.70. The predicted octanol–water partition coefficient (Wildman–Crippen LogP) is 1.06. The van der Waals surface area contributed by atoms with Gasteiger partial charge in [0.05, 0.1) is 12.1 Å². The number of thioether (sulfide) groups is 1. The first-order valence-electron chi connectivity index (χ1n) is 5.69. The summed E-state index contributed by atoms with van der Waals surface area (Å²) in [6.07, 6.45) is -0.816. The molecule has 2 atom stereocenters. The van der Waals surface area contributed by atoms with Crippen LogP contribution in [0, 0.1) is 5.82 Å². The molecule has 7 heteroatoms. The molecule has 0 radical (unpaired) electrons. The van der Waals surface area contributed by atoms with E-state index < -0.39 is 6.10 Å². The fraction of sp³-hybridized carbons (Fsp3) is 0.417. The lowest BCUT2D eigenvalue weighted by atomic mass is 10.1. The van der Waals surface area contributed by atoms with Gasteiger partial charge in [0.1, 0.15) is 5.82 Å². The molecule has 1 amide bonds. The van der Waals surface area contributed by atoms with Gasteiger partial charge in [-0.05, 0) is 17.7 Å². The predicted molar refractivity (Wildman–Crippen MR) is 75.9 cm³/mol. The minimum atomic E-state index is -0.816. The van der Waals surface area contributed by atoms with Crippen molar-refractivity contribution >= 4 is 30.1 Å². The maximum absolute atomic E-state index is 12.7. The SMILES string of the molecule is Cl.O=C(NCC(O)c1ccc(F)cc1)[C@H]1CSCN1. The Morgan fingerprint density at radius 2 is 2.21 bits per heavy atom. The van der Waals surface area contributed by atoms with E-state index in [1.54, 1.807) is 11.8 Å². The monoisotopic (exact) mass is 306 g/mol. The molecule has 1 aromatic rings. The molecule has 3 N–H and O–H groups in total. The van der Waals surface area contributed by atoms with Crippen molar-refractivity contribution in [3.63, 3.8) is 0 Å². The van der Waals surface area contributed by atoms with Crippen LogP contribution >= 0.6 is 24.2 Å². The van der Waals surface area contributed by atoms with Crippen LogP contribution in [0.4, 0.5) is 4.39 Å². The highest BCUT2D eigenvalue weighted by atomic mass is 35.5. The second kappa shape index (κ2) is 7.69. The van der Waals surface area contributed by atoms with Crippen LogP contribution in [0.5, 0.6) is 0 Å². The maximum Gasteiger partial charge on any atom is 0.238 e. The molecule has 1 aromatic carbocycles. The quantitative estimate of drug-likeness (QED) is 0.778. The zero-order valence-electron chi connectivity index (χ0n) is 10.1. The Kier molecular flexibility index (Phi) is 6.57. The summed E-state index contributed by atoms with van der Waals surface area (Å²) in [6, 6.07) is 5.41. The Labute approximate surface area is 121 Å². The maximum atomic E-state index is 12.7. The number of amides is 1. The van der Waals surface area contributed by atoms with E-state index in [1.807, 2.05) is 0 Å². The van der Waals surface area contributed by atoms with Crippen molar-refractivity contribution in [2.75, 3.05) is 18.2 Å². The molecule has 4 nitrogen and oxygen atoms in total. The van der Waals surface area contributed by atoms with Crippen LogP contribution < -0.4 is 10.6 Å². The van der Waals surface area contributed by atoms with Crippen molar-refractivity contribution < 1.29 is 14.3 Å². The minimum Gasteiger partial charge on any atom is -0.387 e. The first-order valence-corrected chi connectivity index (χ1v) is 6.84. The van der Waals surface area contributed by atoms with Crippen molar-refractivity contribution in [3.8, 4) is 0 Å². The number of hydrogen-bond donors (Lipinski definition) is 3. The molecule has 106 valence electrons. The molecule has 1 saturated heterocycles. The molecule has 19 heavy (non-hydrogen) atoms. The molecular formula is C12H16ClFN2O2S. The number of carbonyl (C=O) groups excluding carboxylic acids is 1. The van der Waals surface area contributed by atoms with Crippen LogP contribution in [0.3, 0.4) is 0 Å². The third-order valence-electron chi connectivity index (χ3n) is 2.76. The summed E-state index contributed by atoms with van der Waals surface area (Å²) in [5.41, 5.74) is 0.588. The van der Waals surface area contributed by atoms with Gasteiger partial charge >= 0.3 is 0 Å². The van der Waals surface area contributed by atoms with Crippen molar-refractivity contribution in [2.24, 2.45) is 0 Å². The van der Waals surface area contributed by atoms with E-state index in [9.17, 15) is 14.3 Å². The molecule has 0 bridgehead atoms. The smallest absolute Gasteiger partial charge is 0.238 e. The lowest BCUT2D eigenvalue weighted by Crippen LogP contribution is -2.43. The van der Waals surface area contributed by atoms with Gasteiger partial charge in [0.25, 0.3) is 0 Å². The van der Waals surface area contributed by atoms with Gasteiger partial charge < -0.3 is 10.4 Å². The van der Waals surface area contributed by atoms with Gasteiger partial charge in [0.2, 0.25) is 5.91 Å². The Hall–Kier alpha value is -0.820. The van der Waals surface area contributed by atoms with Crippen LogP contribution in [0.15, 0.2) is 24.3 Å². The van der Waals surface area contributed by atoms with Crippen LogP contribution in [0.25, 0.3) is 0 Å². The van der Waals surface area contributed by atoms with E-state index in [-0.39, 0.29) is 36.7 Å². The second-order valence-electron chi connectivity index (χ2n) is 4.08. The molecule has 1 aliphatic heterocycles. The number of rotatable bonds is 4. The van der Waals surface area contributed by atoms with Crippen LogP contribution in [-0.2, 0) is 4.79 Å². The van der Waals surface area contributed by atoms with Gasteiger partial charge in [0, 0.05) is 18.2 Å². The van der Waals surface area contributed by atoms with E-state index in [1.165, 1.54) is 24.3 Å². The first kappa shape index (κ1) is 16.2. The Morgan fingerprint density at radius 3 is 2.79 bits per heavy atom. The fourth-order valence-electron chi connectivity index (χ4n) is 1.69. The fourth-order valence-corrected chi connectivity index (χ4v) is 2.63. The summed E-state index contributed by atoms with van der Waals surface area (Å²) in [5, 5.41) is 15.6. The van der Waals surface area contributed by atoms with Gasteiger partial charge in [-0.1, -0.05) is 12.1 Å². The number of nitrogens with one attached hydrogen (secondary N) is 2. The van der Waals surface area contributed by atoms with E-state index in [0.29, 0.717) is 5.56 Å². The normalized spacial score (nSPS) is 19.6. The van der Waals surface area contributed by atoms with Crippen molar-refractivity contribution in [2.45, 2.75) is 12.1 Å². The van der Waals surface area contributed by atoms with Gasteiger partial charge in [-0.2, -0.15) is 0 Å². The molecule has 0 aromatic heterocycles. The summed E-state index contributed by atoms with van der Waals surface area (Å²) in [5.74, 6) is 1.07. The molecular weight excluding hydrogens is 291 g/mol. The molecule has 1 heterocycles. The number of hydrogen-bond acceptors (Lipinski definition) is 4. The highest BCUT2D eigenvalue weighted by Gasteiger charge is 2.22. The number of aliphatic hydroxyl groups excluding tert-OH is 1. The van der Waals surface area contributed by atoms with Gasteiger partial charge in [-0.15, -0.1) is 24.2 Å². The van der Waals surface area contributed by atoms with Crippen LogP contribution in [0.1, 0.15) is 11.7 Å². The Bertz CT molecular complexity index is 413. The van der Waals surface area contributed by atoms with Crippen LogP contribution in [0.2, 0.25) is 0 Å². The highest BCUT2D eigenvalue weighted by Crippen LogP contribution is 2.13. The number of halogens is 2. The molecule has 1 aliphatic rings. The van der Waals surface area contributed by atoms with Gasteiger partial charge in [0.15, 0.2) is 0 Å². The average Bonchev–Trinajstić information content (AvgIpc) is 2.90. The number of benzene rings is 1. The summed E-state index contributed by atoms with van der Waals surface area (Å²) in [7, 11) is 0. The van der Waals surface area contributed by atoms with Crippen LogP contribution in [-0.4, -0.2) is 35.2 Å². The van der Waals surface area contributed by atoms with Crippen molar-refractivity contribution in [1.82, 2.24) is 10.6 Å². The topological polar surface area (TPSA) is 61.4 Å². The number of carbonyl (C=O) groups is 1. The zero-order valence-corrected chi connectivity index (χ0v) is 11.8. The average molecular weight is 307 g/mol. The third kappa shape index (κ3) is 4.65. The van der Waals surface area contributed by atoms with Crippen molar-refractivity contribution in [3.05, 3.63) is 35.6 Å². The second-order valence-corrected chi connectivity index (χ2v) is 5.11. The standard InChI is InChI=1S/C12H15FN2O2S.ClH/c13-9-3-1-8(2-4-9)11(16)5-14-12(17)10-6-18-7-15-10;/h1-4,10-11,15-16H,5-7H2,(H,14,17);1H/t10-,11?;/m1./s1. The van der Waals surface area contributed by atoms with E-state index >= 15 is 0 Å². The van der Waals surface area contributed by atoms with E-state index in [0.717, 1.165) is 11.6 Å². The largest absolute Gasteiger partial charge is 0.387 e. The first-order chi connectivity index (χ1) is 8.66. The molecule has 0 spiro atoms. The minimum absolute atomic E-state index is 0. The lowest BCUT2D eigenvalue weighted by Gasteiger charge is -2.14. The summed E-state index contributed by atoms with van der Waals surface area (Å²) >= 11 is 1.67. The molecule has 1 fully saturated rings. The summed E-state index contributed by atoms with van der Waals surface area (Å²) in [4.78, 5) is 11.7. The summed E-state index contributed by atoms with van der Waals surface area (Å²) in [6.45, 7) is 0.132. The Balaban J connectivity index is 0.00000180. The lowest BCUT2D eigenvalue weighted by molar-refractivity contribution is -0.122. The zero-order chi connectivity index (χ0) is 13.0. The van der Waals surface area contributed by atoms with Gasteiger partial charge in [-0.3, -0.25) is 10.1 Å². The van der Waals surface area contributed by atoms with E-state index in [4.69, 9.17) is 0 Å². The molecule has 0 saturated carbocycles. The number of aliphatic hydroxyl groups is 1. The molecule has 1 unspecified atom stereocenters. The highest BCUT2D eigenvalue weighted by molar-refractivity contribution is 7.99. The Morgan fingerprint density at radius 1 is 1.53 bits per heavy atom. The summed E-state index contributed by atoms with van der Waals surface area (Å²) < 4.78 is 12.7. The molecule has 2 rings (SSSR count). The molecule has 0 aliphatic carbocycles. The van der Waals surface area contributed by atoms with Crippen molar-refractivity contribution in [1.29, 1.82) is 0 Å². The van der Waals surface area contributed by atoms with Gasteiger partial charge in [-0.25, -0.2) is 4.39 Å².